The second-order valence-corrected chi connectivity index (χ2v) is 15.6. The first kappa shape index (κ1) is 28.2. The molecule has 3 heterocycles. The summed E-state index contributed by atoms with van der Waals surface area (Å²) in [5, 5.41) is 34.5. The van der Waals surface area contributed by atoms with Gasteiger partial charge in [0, 0.05) is 12.5 Å². The van der Waals surface area contributed by atoms with Crippen LogP contribution in [0, 0.1) is 46.3 Å². The maximum Gasteiger partial charge on any atom is 0.183 e. The molecule has 7 nitrogen and oxygen atoms in total. The molecule has 3 saturated heterocycles. The van der Waals surface area contributed by atoms with Gasteiger partial charge in [-0.1, -0.05) is 39.3 Å². The molecule has 1 spiro atoms. The van der Waals surface area contributed by atoms with Crippen LogP contribution in [0.4, 0.5) is 0 Å². The van der Waals surface area contributed by atoms with Crippen LogP contribution in [0.3, 0.4) is 0 Å². The molecule has 7 rings (SSSR count). The van der Waals surface area contributed by atoms with E-state index in [0.717, 1.165) is 56.4 Å². The van der Waals surface area contributed by atoms with E-state index in [4.69, 9.17) is 14.2 Å². The quantitative estimate of drug-likeness (QED) is 0.378. The Bertz CT molecular complexity index is 1010. The molecule has 16 atom stereocenters. The van der Waals surface area contributed by atoms with Crippen LogP contribution >= 0.6 is 0 Å². The molecule has 40 heavy (non-hydrogen) atoms. The average Bonchev–Trinajstić information content (AvgIpc) is 3.37. The van der Waals surface area contributed by atoms with Gasteiger partial charge in [0.05, 0.1) is 18.3 Å². The summed E-state index contributed by atoms with van der Waals surface area (Å²) in [6.07, 6.45) is 8.35. The summed E-state index contributed by atoms with van der Waals surface area (Å²) in [7, 11) is 0. The maximum atomic E-state index is 10.6. The van der Waals surface area contributed by atoms with E-state index in [1.807, 2.05) is 0 Å². The summed E-state index contributed by atoms with van der Waals surface area (Å²) in [4.78, 5) is 0. The minimum absolute atomic E-state index is 0.000127. The number of rotatable bonds is 2. The molecule has 3 saturated carbocycles. The van der Waals surface area contributed by atoms with E-state index in [0.29, 0.717) is 29.3 Å². The van der Waals surface area contributed by atoms with Crippen molar-refractivity contribution in [1.82, 2.24) is 5.32 Å². The number of ether oxygens (including phenoxy) is 3. The Hall–Kier alpha value is -0.540. The minimum atomic E-state index is -1.37. The first-order valence-corrected chi connectivity index (χ1v) is 16.4. The fourth-order valence-corrected chi connectivity index (χ4v) is 11.4. The van der Waals surface area contributed by atoms with E-state index in [2.05, 4.69) is 39.1 Å². The van der Waals surface area contributed by atoms with Crippen molar-refractivity contribution in [3.63, 3.8) is 0 Å². The van der Waals surface area contributed by atoms with E-state index < -0.39 is 30.7 Å². The first-order valence-electron chi connectivity index (χ1n) is 16.4. The zero-order chi connectivity index (χ0) is 28.2. The van der Waals surface area contributed by atoms with Crippen molar-refractivity contribution in [2.45, 2.75) is 141 Å². The highest BCUT2D eigenvalue weighted by Crippen LogP contribution is 2.70. The molecule has 0 aromatic carbocycles. The van der Waals surface area contributed by atoms with E-state index in [1.165, 1.54) is 31.3 Å². The number of aliphatic hydroxyl groups excluding tert-OH is 3. The van der Waals surface area contributed by atoms with Gasteiger partial charge in [0.25, 0.3) is 0 Å². The van der Waals surface area contributed by atoms with E-state index >= 15 is 0 Å². The van der Waals surface area contributed by atoms with Crippen molar-refractivity contribution in [1.29, 1.82) is 0 Å². The average molecular weight is 560 g/mol. The molecule has 7 heteroatoms. The van der Waals surface area contributed by atoms with Gasteiger partial charge in [-0.25, -0.2) is 0 Å². The van der Waals surface area contributed by atoms with E-state index in [1.54, 1.807) is 6.92 Å². The predicted molar refractivity (Wildman–Crippen MR) is 151 cm³/mol. The molecule has 4 aliphatic carbocycles. The normalized spacial score (nSPS) is 59.5. The van der Waals surface area contributed by atoms with Crippen molar-refractivity contribution in [2.75, 3.05) is 6.54 Å². The van der Waals surface area contributed by atoms with Gasteiger partial charge in [-0.15, -0.1) is 0 Å². The van der Waals surface area contributed by atoms with Crippen molar-refractivity contribution in [2.24, 2.45) is 46.3 Å². The Morgan fingerprint density at radius 1 is 0.975 bits per heavy atom. The minimum Gasteiger partial charge on any atom is -0.387 e. The topological polar surface area (TPSA) is 100 Å². The largest absolute Gasteiger partial charge is 0.387 e. The van der Waals surface area contributed by atoms with E-state index in [9.17, 15) is 15.3 Å². The number of aliphatic hydroxyl groups is 3. The fourth-order valence-electron chi connectivity index (χ4n) is 11.4. The highest BCUT2D eigenvalue weighted by atomic mass is 16.6. The summed E-state index contributed by atoms with van der Waals surface area (Å²) in [6.45, 7) is 12.9. The fraction of sp³-hybridized carbons (Fsp3) is 0.939. The summed E-state index contributed by atoms with van der Waals surface area (Å²) in [6, 6.07) is 0. The summed E-state index contributed by atoms with van der Waals surface area (Å²) < 4.78 is 18.9. The Morgan fingerprint density at radius 3 is 2.52 bits per heavy atom. The molecule has 3 aliphatic heterocycles. The Labute approximate surface area is 240 Å². The maximum absolute atomic E-state index is 10.6. The molecule has 0 unspecified atom stereocenters. The van der Waals surface area contributed by atoms with Gasteiger partial charge in [-0.05, 0) is 105 Å². The predicted octanol–water partition coefficient (Wildman–Crippen LogP) is 4.14. The lowest BCUT2D eigenvalue weighted by Gasteiger charge is -2.59. The zero-order valence-electron chi connectivity index (χ0n) is 25.2. The third-order valence-electron chi connectivity index (χ3n) is 13.7. The molecule has 226 valence electrons. The molecule has 0 aromatic rings. The van der Waals surface area contributed by atoms with Crippen LogP contribution in [-0.4, -0.2) is 70.5 Å². The Balaban J connectivity index is 1.06. The van der Waals surface area contributed by atoms with Gasteiger partial charge in [0.2, 0.25) is 0 Å². The number of hydrogen-bond acceptors (Lipinski definition) is 7. The van der Waals surface area contributed by atoms with Crippen LogP contribution in [0.25, 0.3) is 0 Å². The Morgan fingerprint density at radius 2 is 1.77 bits per heavy atom. The van der Waals surface area contributed by atoms with Crippen molar-refractivity contribution < 1.29 is 29.5 Å². The Kier molecular flexibility index (Phi) is 6.87. The van der Waals surface area contributed by atoms with Gasteiger partial charge < -0.3 is 29.5 Å². The zero-order valence-corrected chi connectivity index (χ0v) is 25.2. The lowest BCUT2D eigenvalue weighted by molar-refractivity contribution is -0.292. The number of nitrogens with one attached hydrogen (secondary N) is 1. The van der Waals surface area contributed by atoms with Gasteiger partial charge in [0.15, 0.2) is 6.29 Å². The molecule has 0 bridgehead atoms. The van der Waals surface area contributed by atoms with Crippen molar-refractivity contribution >= 4 is 0 Å². The molecule has 0 amide bonds. The lowest BCUT2D eigenvalue weighted by Crippen LogP contribution is -2.58. The highest BCUT2D eigenvalue weighted by Gasteiger charge is 2.68. The molecular weight excluding hydrogens is 506 g/mol. The number of piperidine rings is 1. The summed E-state index contributed by atoms with van der Waals surface area (Å²) in [5.74, 6) is 4.14. The number of hydrogen-bond donors (Lipinski definition) is 4. The van der Waals surface area contributed by atoms with Crippen LogP contribution in [0.15, 0.2) is 11.6 Å². The lowest BCUT2D eigenvalue weighted by atomic mass is 9.47. The standard InChI is InChI=1S/C33H53NO6/c1-17-8-13-33(34-16-17)18(2)26-25(40-33)15-24-22-7-6-20-14-21(39-29-19(3)38-30(37)28(36)27(29)35)9-11-31(20,4)23(22)10-12-32(24,26)5/h6,17-19,21-30,34-37H,7-16H2,1-5H3/t17-,18+,19+,21+,22-,23+,24+,25+,26+,27+,28-,29-,30-,31+,32+,33-/m1/s1. The summed E-state index contributed by atoms with van der Waals surface area (Å²) in [5.41, 5.74) is 2.01. The first-order chi connectivity index (χ1) is 19.0. The van der Waals surface area contributed by atoms with Crippen LogP contribution < -0.4 is 5.32 Å². The van der Waals surface area contributed by atoms with Gasteiger partial charge in [-0.3, -0.25) is 5.32 Å². The van der Waals surface area contributed by atoms with Crippen molar-refractivity contribution in [3.05, 3.63) is 11.6 Å². The summed E-state index contributed by atoms with van der Waals surface area (Å²) >= 11 is 0. The van der Waals surface area contributed by atoms with Crippen LogP contribution in [0.1, 0.15) is 92.4 Å². The smallest absolute Gasteiger partial charge is 0.183 e. The third-order valence-corrected chi connectivity index (χ3v) is 13.7. The molecule has 0 aromatic heterocycles. The monoisotopic (exact) mass is 559 g/mol. The van der Waals surface area contributed by atoms with E-state index in [-0.39, 0.29) is 17.2 Å². The third kappa shape index (κ3) is 4.01. The molecule has 7 aliphatic rings. The van der Waals surface area contributed by atoms with Crippen LogP contribution in [-0.2, 0) is 14.2 Å². The second-order valence-electron chi connectivity index (χ2n) is 15.6. The number of fused-ring (bicyclic) bond motifs is 7. The second kappa shape index (κ2) is 9.73. The van der Waals surface area contributed by atoms with Gasteiger partial charge >= 0.3 is 0 Å². The number of allylic oxidation sites excluding steroid dienone is 1. The molecule has 0 radical (unpaired) electrons. The van der Waals surface area contributed by atoms with Crippen LogP contribution in [0.5, 0.6) is 0 Å². The van der Waals surface area contributed by atoms with Crippen molar-refractivity contribution in [3.8, 4) is 0 Å². The van der Waals surface area contributed by atoms with Crippen LogP contribution in [0.2, 0.25) is 0 Å². The molecular formula is C33H53NO6. The SMILES string of the molecule is C[C@@H]1CC[C@@]2(NC1)O[C@H]1C[C@H]3[C@@H]4CC=C5C[C@@H](O[C@H]6[C@@H](O)[C@@H](O)[C@H](O)O[C@H]6C)CC[C@]5(C)[C@H]4CC[C@]3(C)[C@H]1[C@@H]2C. The molecule has 4 N–H and O–H groups in total. The molecule has 6 fully saturated rings. The highest BCUT2D eigenvalue weighted by molar-refractivity contribution is 5.26. The van der Waals surface area contributed by atoms with Gasteiger partial charge in [0.1, 0.15) is 24.0 Å². The van der Waals surface area contributed by atoms with Gasteiger partial charge in [-0.2, -0.15) is 0 Å².